The number of epoxide rings is 1. The number of rotatable bonds is 40. The average Bonchev–Trinajstić information content (AvgIpc) is 4.04. The zero-order valence-corrected chi connectivity index (χ0v) is 44.4. The van der Waals surface area contributed by atoms with E-state index in [4.69, 9.17) is 33.7 Å². The zero-order valence-electron chi connectivity index (χ0n) is 42.6. The standard InChI is InChI=1S/C52H81N3O16P2/c1-3-5-7-9-11-12-13-14-15-16-17-18-19-20-23-27-31-35-47(56)65-39-42(68-48(57)36-32-28-24-21-22-26-30-34-44-43(69-44)33-29-25-10-8-6-4-2)40-66-72(61,62)71-73(63,64)67-41-45-49(58)50(59)51(70-45)55-38-37-46(53)54-52(55)60/h11-12,14-15,17-18,20-21,23-26,29-30,37-38,42-45,49-51,58-59H,3-10,13,16,19,22,27-28,31-36,39-41H2,1-2H3,(H,61,62)(H,63,64)(H2,53,54,60)/b12-11-,15-14-,18-17-,23-20-,24-21-,29-25-,30-26-/t42-,43?,44?,45-,49-,50-,51-/m1/s1. The molecule has 0 spiro atoms. The topological polar surface area (TPSA) is 278 Å². The van der Waals surface area contributed by atoms with Crippen LogP contribution in [0.3, 0.4) is 0 Å². The van der Waals surface area contributed by atoms with Gasteiger partial charge in [-0.3, -0.25) is 23.2 Å². The SMILES string of the molecule is CCCCC/C=C\C/C=C\C/C=C\C/C=C\CCCC(=O)OC[C@H](COP(=O)(O)OP(=O)(O)OC[C@H]1O[C@@H](n2ccc(N)nc2=O)[C@H](O)[C@@H]1O)OC(=O)CCC/C=C\C/C=C\CC1OC1C/C=C\CCCCC. The van der Waals surface area contributed by atoms with E-state index in [9.17, 15) is 43.5 Å². The number of hydrogen-bond donors (Lipinski definition) is 5. The Bertz CT molecular complexity index is 2120. The summed E-state index contributed by atoms with van der Waals surface area (Å²) in [7, 11) is -10.9. The molecule has 1 aromatic heterocycles. The summed E-state index contributed by atoms with van der Waals surface area (Å²) < 4.78 is 62.4. The minimum Gasteiger partial charge on any atom is -0.462 e. The molecule has 2 saturated heterocycles. The summed E-state index contributed by atoms with van der Waals surface area (Å²) in [6.07, 6.45) is 39.9. The summed E-state index contributed by atoms with van der Waals surface area (Å²) in [5.41, 5.74) is 4.58. The van der Waals surface area contributed by atoms with Gasteiger partial charge in [0.2, 0.25) is 0 Å². The van der Waals surface area contributed by atoms with Gasteiger partial charge in [-0.05, 0) is 96.0 Å². The normalized spacial score (nSPS) is 22.4. The molecule has 9 atom stereocenters. The number of unbranched alkanes of at least 4 members (excludes halogenated alkanes) is 8. The molecule has 19 nitrogen and oxygen atoms in total. The van der Waals surface area contributed by atoms with Gasteiger partial charge in [-0.15, -0.1) is 0 Å². The summed E-state index contributed by atoms with van der Waals surface area (Å²) in [5.74, 6) is -1.45. The van der Waals surface area contributed by atoms with Crippen molar-refractivity contribution in [1.29, 1.82) is 0 Å². The first-order valence-corrected chi connectivity index (χ1v) is 28.7. The third kappa shape index (κ3) is 29.0. The zero-order chi connectivity index (χ0) is 53.2. The maximum absolute atomic E-state index is 12.9. The van der Waals surface area contributed by atoms with E-state index in [0.29, 0.717) is 32.1 Å². The molecule has 4 unspecified atom stereocenters. The number of nitrogens with two attached hydrogens (primary N) is 1. The quantitative estimate of drug-likeness (QED) is 0.0134. The largest absolute Gasteiger partial charge is 0.481 e. The number of aromatic nitrogens is 2. The summed E-state index contributed by atoms with van der Waals surface area (Å²) in [5, 5.41) is 20.9. The van der Waals surface area contributed by atoms with E-state index in [1.165, 1.54) is 44.6 Å². The molecule has 0 bridgehead atoms. The van der Waals surface area contributed by atoms with Crippen molar-refractivity contribution in [2.24, 2.45) is 0 Å². The van der Waals surface area contributed by atoms with E-state index >= 15 is 0 Å². The van der Waals surface area contributed by atoms with Crippen molar-refractivity contribution in [3.8, 4) is 0 Å². The van der Waals surface area contributed by atoms with Crippen LogP contribution in [-0.2, 0) is 51.0 Å². The lowest BCUT2D eigenvalue weighted by Crippen LogP contribution is -2.36. The fraction of sp³-hybridized carbons (Fsp3) is 0.615. The van der Waals surface area contributed by atoms with E-state index in [0.717, 1.165) is 55.7 Å². The Morgan fingerprint density at radius 3 is 1.73 bits per heavy atom. The monoisotopic (exact) mass is 1070 g/mol. The highest BCUT2D eigenvalue weighted by atomic mass is 31.3. The molecule has 2 aliphatic rings. The van der Waals surface area contributed by atoms with Gasteiger partial charge in [-0.1, -0.05) is 125 Å². The van der Waals surface area contributed by atoms with Gasteiger partial charge < -0.3 is 44.7 Å². The van der Waals surface area contributed by atoms with Crippen LogP contribution >= 0.6 is 15.6 Å². The van der Waals surface area contributed by atoms with Crippen molar-refractivity contribution in [1.82, 2.24) is 9.55 Å². The minimum atomic E-state index is -5.45. The second-order valence-electron chi connectivity index (χ2n) is 17.7. The number of nitrogens with zero attached hydrogens (tertiary/aromatic N) is 2. The predicted octanol–water partition coefficient (Wildman–Crippen LogP) is 9.65. The molecule has 0 aliphatic carbocycles. The number of anilines is 1. The number of aliphatic hydroxyl groups excluding tert-OH is 2. The Morgan fingerprint density at radius 1 is 0.671 bits per heavy atom. The van der Waals surface area contributed by atoms with Gasteiger partial charge in [0.15, 0.2) is 12.3 Å². The number of carbonyl (C=O) groups is 2. The van der Waals surface area contributed by atoms with Crippen LogP contribution in [-0.4, -0.2) is 97.9 Å². The Kier molecular flexibility index (Phi) is 31.8. The molecule has 0 amide bonds. The van der Waals surface area contributed by atoms with E-state index in [2.05, 4.69) is 83.9 Å². The van der Waals surface area contributed by atoms with Crippen LogP contribution in [0.1, 0.15) is 148 Å². The number of phosphoric ester groups is 2. The van der Waals surface area contributed by atoms with Crippen molar-refractivity contribution < 1.29 is 71.0 Å². The van der Waals surface area contributed by atoms with E-state index in [1.54, 1.807) is 0 Å². The second kappa shape index (κ2) is 36.8. The molecule has 3 heterocycles. The van der Waals surface area contributed by atoms with E-state index in [1.807, 2.05) is 24.3 Å². The number of hydrogen-bond acceptors (Lipinski definition) is 16. The molecule has 410 valence electrons. The Morgan fingerprint density at radius 2 is 1.16 bits per heavy atom. The summed E-state index contributed by atoms with van der Waals surface area (Å²) in [6.45, 7) is 1.97. The highest BCUT2D eigenvalue weighted by Crippen LogP contribution is 2.60. The van der Waals surface area contributed by atoms with Gasteiger partial charge in [0.1, 0.15) is 30.7 Å². The fourth-order valence-corrected chi connectivity index (χ4v) is 9.33. The molecule has 0 radical (unpaired) electrons. The average molecular weight is 1070 g/mol. The molecule has 2 aliphatic heterocycles. The molecule has 73 heavy (non-hydrogen) atoms. The van der Waals surface area contributed by atoms with Gasteiger partial charge in [0.05, 0.1) is 25.4 Å². The van der Waals surface area contributed by atoms with Crippen molar-refractivity contribution in [2.75, 3.05) is 25.6 Å². The Labute approximate surface area is 431 Å². The van der Waals surface area contributed by atoms with Crippen LogP contribution in [0.25, 0.3) is 0 Å². The lowest BCUT2D eigenvalue weighted by molar-refractivity contribution is -0.161. The number of phosphoric acid groups is 2. The number of allylic oxidation sites excluding steroid dienone is 12. The van der Waals surface area contributed by atoms with Crippen molar-refractivity contribution in [3.05, 3.63) is 108 Å². The Balaban J connectivity index is 1.43. The minimum absolute atomic E-state index is 0.0320. The number of carbonyl (C=O) groups excluding carboxylic acids is 2. The smallest absolute Gasteiger partial charge is 0.462 e. The Hall–Kier alpha value is -4.10. The van der Waals surface area contributed by atoms with Crippen LogP contribution in [0.5, 0.6) is 0 Å². The molecule has 1 aromatic rings. The molecule has 0 saturated carbocycles. The predicted molar refractivity (Wildman–Crippen MR) is 279 cm³/mol. The molecule has 3 rings (SSSR count). The van der Waals surface area contributed by atoms with Crippen molar-refractivity contribution >= 4 is 33.4 Å². The summed E-state index contributed by atoms with van der Waals surface area (Å²) >= 11 is 0. The van der Waals surface area contributed by atoms with Crippen LogP contribution in [0, 0.1) is 0 Å². The van der Waals surface area contributed by atoms with Crippen molar-refractivity contribution in [3.63, 3.8) is 0 Å². The van der Waals surface area contributed by atoms with Crippen LogP contribution in [0.4, 0.5) is 5.82 Å². The number of esters is 2. The van der Waals surface area contributed by atoms with Gasteiger partial charge >= 0.3 is 33.3 Å². The van der Waals surface area contributed by atoms with Gasteiger partial charge in [-0.2, -0.15) is 9.29 Å². The van der Waals surface area contributed by atoms with Gasteiger partial charge in [0, 0.05) is 19.0 Å². The third-order valence-corrected chi connectivity index (χ3v) is 14.0. The van der Waals surface area contributed by atoms with Gasteiger partial charge in [0.25, 0.3) is 0 Å². The number of aliphatic hydroxyl groups is 2. The first kappa shape index (κ1) is 63.2. The summed E-state index contributed by atoms with van der Waals surface area (Å²) in [6, 6.07) is 1.24. The molecule has 21 heteroatoms. The lowest BCUT2D eigenvalue weighted by atomic mass is 10.1. The maximum Gasteiger partial charge on any atom is 0.481 e. The van der Waals surface area contributed by atoms with Gasteiger partial charge in [-0.25, -0.2) is 13.9 Å². The molecular weight excluding hydrogens is 985 g/mol. The first-order chi connectivity index (χ1) is 35.1. The highest BCUT2D eigenvalue weighted by molar-refractivity contribution is 7.61. The van der Waals surface area contributed by atoms with Crippen LogP contribution in [0.15, 0.2) is 102 Å². The third-order valence-electron chi connectivity index (χ3n) is 11.4. The summed E-state index contributed by atoms with van der Waals surface area (Å²) in [4.78, 5) is 61.9. The van der Waals surface area contributed by atoms with E-state index < -0.39 is 83.7 Å². The van der Waals surface area contributed by atoms with Crippen LogP contribution in [0.2, 0.25) is 0 Å². The molecule has 6 N–H and O–H groups in total. The number of ether oxygens (including phenoxy) is 4. The first-order valence-electron chi connectivity index (χ1n) is 25.7. The number of nitrogen functional groups attached to an aromatic ring is 1. The molecule has 2 fully saturated rings. The maximum atomic E-state index is 12.9. The lowest BCUT2D eigenvalue weighted by Gasteiger charge is -2.21. The molecular formula is C52H81N3O16P2. The second-order valence-corrected chi connectivity index (χ2v) is 20.7. The van der Waals surface area contributed by atoms with E-state index in [-0.39, 0.29) is 30.9 Å². The fourth-order valence-electron chi connectivity index (χ4n) is 7.22. The molecule has 0 aromatic carbocycles. The van der Waals surface area contributed by atoms with Crippen molar-refractivity contribution in [2.45, 2.75) is 185 Å². The van der Waals surface area contributed by atoms with Crippen LogP contribution < -0.4 is 11.4 Å². The highest BCUT2D eigenvalue weighted by Gasteiger charge is 2.46.